The van der Waals surface area contributed by atoms with Gasteiger partial charge in [-0.3, -0.25) is 10.1 Å². The first-order chi connectivity index (χ1) is 6.25. The normalized spacial score (nSPS) is 11.7. The van der Waals surface area contributed by atoms with E-state index in [1.165, 1.54) is 12.1 Å². The minimum Gasteiger partial charge on any atom is -0.386 e. The van der Waals surface area contributed by atoms with E-state index in [1.807, 2.05) is 0 Å². The highest BCUT2D eigenvalue weighted by Gasteiger charge is 2.23. The van der Waals surface area contributed by atoms with Gasteiger partial charge in [0.2, 0.25) is 0 Å². The Kier molecular flexibility index (Phi) is 2.97. The maximum Gasteiger partial charge on any atom is 0.423 e. The molecule has 1 atom stereocenters. The smallest absolute Gasteiger partial charge is 0.386 e. The first-order valence-corrected chi connectivity index (χ1v) is 3.47. The summed E-state index contributed by atoms with van der Waals surface area (Å²) in [6, 6.07) is 7.97. The highest BCUT2D eigenvalue weighted by atomic mass is 16.7. The molecule has 0 aromatic heterocycles. The molecule has 0 aliphatic heterocycles. The third-order valence-electron chi connectivity index (χ3n) is 1.44. The van der Waals surface area contributed by atoms with Gasteiger partial charge >= 0.3 is 12.7 Å². The molecule has 13 heavy (non-hydrogen) atoms. The van der Waals surface area contributed by atoms with E-state index in [4.69, 9.17) is 0 Å². The molecule has 0 fully saturated rings. The zero-order valence-corrected chi connectivity index (χ0v) is 6.54. The van der Waals surface area contributed by atoms with Gasteiger partial charge in [0, 0.05) is 0 Å². The molecule has 0 aliphatic carbocycles. The fraction of sp³-hybridized carbons (Fsp3) is 0.125. The standard InChI is InChI=1S/C8H6NO4/c10-6-13-8(9(11)12)7-4-2-1-3-5-7/h1-5,8H/t8-/m0/s1. The molecule has 0 N–H and O–H groups in total. The van der Waals surface area contributed by atoms with Crippen molar-refractivity contribution in [1.82, 2.24) is 0 Å². The van der Waals surface area contributed by atoms with Crippen LogP contribution >= 0.6 is 0 Å². The topological polar surface area (TPSA) is 69.4 Å². The van der Waals surface area contributed by atoms with Gasteiger partial charge in [0.05, 0.1) is 10.5 Å². The molecule has 0 amide bonds. The van der Waals surface area contributed by atoms with Gasteiger partial charge < -0.3 is 4.74 Å². The predicted octanol–water partition coefficient (Wildman–Crippen LogP) is 1.05. The van der Waals surface area contributed by atoms with E-state index < -0.39 is 11.2 Å². The minimum atomic E-state index is -1.46. The predicted molar refractivity (Wildman–Crippen MR) is 43.0 cm³/mol. The number of hydrogen-bond donors (Lipinski definition) is 0. The molecule has 1 aromatic carbocycles. The minimum absolute atomic E-state index is 0.316. The van der Waals surface area contributed by atoms with Crippen molar-refractivity contribution in [2.45, 2.75) is 6.23 Å². The quantitative estimate of drug-likeness (QED) is 0.394. The summed E-state index contributed by atoms with van der Waals surface area (Å²) >= 11 is 0. The fourth-order valence-electron chi connectivity index (χ4n) is 0.896. The summed E-state index contributed by atoms with van der Waals surface area (Å²) in [6.07, 6.45) is -1.46. The van der Waals surface area contributed by atoms with Crippen LogP contribution in [-0.2, 0) is 9.53 Å². The maximum absolute atomic E-state index is 10.4. The first-order valence-electron chi connectivity index (χ1n) is 3.47. The van der Waals surface area contributed by atoms with E-state index in [0.29, 0.717) is 5.56 Å². The molecule has 1 aromatic rings. The van der Waals surface area contributed by atoms with Gasteiger partial charge in [-0.1, -0.05) is 18.2 Å². The Morgan fingerprint density at radius 3 is 2.46 bits per heavy atom. The molecular weight excluding hydrogens is 174 g/mol. The van der Waals surface area contributed by atoms with Gasteiger partial charge in [0.25, 0.3) is 0 Å². The van der Waals surface area contributed by atoms with Crippen LogP contribution in [0.3, 0.4) is 0 Å². The summed E-state index contributed by atoms with van der Waals surface area (Å²) in [5, 5.41) is 10.4. The molecule has 0 saturated heterocycles. The Morgan fingerprint density at radius 1 is 1.38 bits per heavy atom. The molecule has 0 aliphatic rings. The largest absolute Gasteiger partial charge is 0.423 e. The van der Waals surface area contributed by atoms with Crippen molar-refractivity contribution < 1.29 is 14.5 Å². The van der Waals surface area contributed by atoms with Gasteiger partial charge in [-0.15, -0.1) is 0 Å². The van der Waals surface area contributed by atoms with E-state index in [-0.39, 0.29) is 0 Å². The third kappa shape index (κ3) is 2.26. The summed E-state index contributed by atoms with van der Waals surface area (Å²) in [5.74, 6) is 0. The Labute approximate surface area is 74.1 Å². The van der Waals surface area contributed by atoms with Crippen LogP contribution < -0.4 is 0 Å². The van der Waals surface area contributed by atoms with Crippen LogP contribution in [0.4, 0.5) is 0 Å². The van der Waals surface area contributed by atoms with Crippen molar-refractivity contribution in [1.29, 1.82) is 0 Å². The second kappa shape index (κ2) is 4.20. The molecular formula is C8H6NO4. The van der Waals surface area contributed by atoms with Crippen LogP contribution in [0.15, 0.2) is 30.3 Å². The highest BCUT2D eigenvalue weighted by Crippen LogP contribution is 2.15. The van der Waals surface area contributed by atoms with Crippen molar-refractivity contribution in [3.63, 3.8) is 0 Å². The number of hydrogen-bond acceptors (Lipinski definition) is 4. The van der Waals surface area contributed by atoms with E-state index >= 15 is 0 Å². The summed E-state index contributed by atoms with van der Waals surface area (Å²) in [6.45, 7) is 1.06. The van der Waals surface area contributed by atoms with Crippen molar-refractivity contribution in [3.8, 4) is 0 Å². The number of carbonyl (C=O) groups excluding carboxylic acids is 1. The van der Waals surface area contributed by atoms with Crippen molar-refractivity contribution >= 4 is 6.47 Å². The van der Waals surface area contributed by atoms with Crippen LogP contribution in [0.25, 0.3) is 0 Å². The summed E-state index contributed by atoms with van der Waals surface area (Å²) < 4.78 is 4.18. The zero-order chi connectivity index (χ0) is 9.68. The Bertz CT molecular complexity index is 298. The van der Waals surface area contributed by atoms with E-state index in [9.17, 15) is 14.9 Å². The Balaban J connectivity index is 2.88. The Hall–Kier alpha value is -1.91. The van der Waals surface area contributed by atoms with Crippen LogP contribution in [0.2, 0.25) is 0 Å². The highest BCUT2D eigenvalue weighted by molar-refractivity contribution is 5.39. The monoisotopic (exact) mass is 180 g/mol. The molecule has 0 unspecified atom stereocenters. The average Bonchev–Trinajstić information content (AvgIpc) is 2.15. The van der Waals surface area contributed by atoms with Gasteiger partial charge in [-0.25, -0.2) is 4.79 Å². The van der Waals surface area contributed by atoms with Crippen LogP contribution in [-0.4, -0.2) is 11.4 Å². The Morgan fingerprint density at radius 2 is 2.00 bits per heavy atom. The lowest BCUT2D eigenvalue weighted by atomic mass is 10.2. The van der Waals surface area contributed by atoms with E-state index in [1.54, 1.807) is 18.2 Å². The van der Waals surface area contributed by atoms with Gasteiger partial charge in [-0.2, -0.15) is 0 Å². The molecule has 5 nitrogen and oxygen atoms in total. The van der Waals surface area contributed by atoms with E-state index in [0.717, 1.165) is 6.47 Å². The fourth-order valence-corrected chi connectivity index (χ4v) is 0.896. The number of rotatable bonds is 4. The first kappa shape index (κ1) is 9.18. The third-order valence-corrected chi connectivity index (χ3v) is 1.44. The van der Waals surface area contributed by atoms with Crippen LogP contribution in [0, 0.1) is 10.1 Å². The van der Waals surface area contributed by atoms with Crippen LogP contribution in [0.5, 0.6) is 0 Å². The lowest BCUT2D eigenvalue weighted by molar-refractivity contribution is -0.573. The number of ether oxygens (including phenoxy) is 1. The zero-order valence-electron chi connectivity index (χ0n) is 6.54. The molecule has 0 heterocycles. The van der Waals surface area contributed by atoms with Gasteiger partial charge in [-0.05, 0) is 12.1 Å². The van der Waals surface area contributed by atoms with Crippen LogP contribution in [0.1, 0.15) is 11.8 Å². The van der Waals surface area contributed by atoms with Gasteiger partial charge in [0.15, 0.2) is 0 Å². The van der Waals surface area contributed by atoms with Gasteiger partial charge in [0.1, 0.15) is 0 Å². The lowest BCUT2D eigenvalue weighted by Gasteiger charge is -2.05. The number of nitrogens with zero attached hydrogens (tertiary/aromatic N) is 1. The summed E-state index contributed by atoms with van der Waals surface area (Å²) in [5.41, 5.74) is 0.316. The summed E-state index contributed by atoms with van der Waals surface area (Å²) in [7, 11) is 0. The molecule has 5 heteroatoms. The lowest BCUT2D eigenvalue weighted by Crippen LogP contribution is -2.13. The molecule has 67 valence electrons. The molecule has 0 spiro atoms. The number of benzene rings is 1. The SMILES string of the molecule is O=[C]O[C@@H](c1ccccc1)[N+](=O)[O-]. The molecule has 0 bridgehead atoms. The second-order valence-electron chi connectivity index (χ2n) is 2.25. The molecule has 1 rings (SSSR count). The summed E-state index contributed by atoms with van der Waals surface area (Å²) in [4.78, 5) is 19.5. The van der Waals surface area contributed by atoms with E-state index in [2.05, 4.69) is 4.74 Å². The maximum atomic E-state index is 10.4. The average molecular weight is 180 g/mol. The molecule has 1 radical (unpaired) electrons. The second-order valence-corrected chi connectivity index (χ2v) is 2.25. The number of nitro groups is 1. The van der Waals surface area contributed by atoms with Crippen molar-refractivity contribution in [2.75, 3.05) is 0 Å². The van der Waals surface area contributed by atoms with Crippen molar-refractivity contribution in [2.24, 2.45) is 0 Å². The van der Waals surface area contributed by atoms with Crippen molar-refractivity contribution in [3.05, 3.63) is 46.0 Å². The molecule has 0 saturated carbocycles.